The van der Waals surface area contributed by atoms with E-state index in [1.54, 1.807) is 42.5 Å². The highest BCUT2D eigenvalue weighted by molar-refractivity contribution is 6.31. The maximum atomic E-state index is 12.8. The van der Waals surface area contributed by atoms with E-state index >= 15 is 0 Å². The Morgan fingerprint density at radius 3 is 2.44 bits per heavy atom. The maximum Gasteiger partial charge on any atom is 0.262 e. The monoisotopic (exact) mass is 356 g/mol. The molecule has 0 unspecified atom stereocenters. The fourth-order valence-electron chi connectivity index (χ4n) is 3.05. The topological polar surface area (TPSA) is 66.9 Å². The number of carbonyl (C=O) groups is 3. The zero-order valence-electron chi connectivity index (χ0n) is 13.1. The second-order valence-electron chi connectivity index (χ2n) is 5.75. The number of imide groups is 1. The van der Waals surface area contributed by atoms with Gasteiger partial charge in [-0.3, -0.25) is 19.3 Å². The number of amides is 3. The summed E-state index contributed by atoms with van der Waals surface area (Å²) >= 11 is 6.01. The van der Waals surface area contributed by atoms with E-state index < -0.39 is 11.8 Å². The number of ether oxygens (including phenoxy) is 1. The highest BCUT2D eigenvalue weighted by Gasteiger charge is 2.37. The molecule has 0 N–H and O–H groups in total. The molecule has 2 aromatic carbocycles. The number of benzene rings is 2. The van der Waals surface area contributed by atoms with Gasteiger partial charge < -0.3 is 9.64 Å². The van der Waals surface area contributed by atoms with E-state index in [2.05, 4.69) is 0 Å². The fourth-order valence-corrected chi connectivity index (χ4v) is 3.22. The number of rotatable bonds is 2. The third kappa shape index (κ3) is 2.55. The zero-order valence-corrected chi connectivity index (χ0v) is 13.8. The van der Waals surface area contributed by atoms with Crippen LogP contribution in [-0.4, -0.2) is 42.3 Å². The largest absolute Gasteiger partial charge is 0.490 e. The summed E-state index contributed by atoms with van der Waals surface area (Å²) in [5.74, 6) is -0.713. The van der Waals surface area contributed by atoms with Crippen LogP contribution in [0.15, 0.2) is 42.5 Å². The van der Waals surface area contributed by atoms with E-state index in [0.717, 1.165) is 4.90 Å². The van der Waals surface area contributed by atoms with Crippen molar-refractivity contribution in [1.82, 2.24) is 4.90 Å². The van der Waals surface area contributed by atoms with Crippen molar-refractivity contribution >= 4 is 35.0 Å². The van der Waals surface area contributed by atoms with Crippen molar-refractivity contribution in [3.63, 3.8) is 0 Å². The second kappa shape index (κ2) is 5.89. The Balaban J connectivity index is 1.60. The zero-order chi connectivity index (χ0) is 17.6. The molecule has 0 aromatic heterocycles. The summed E-state index contributed by atoms with van der Waals surface area (Å²) in [6.07, 6.45) is 0. The van der Waals surface area contributed by atoms with Crippen LogP contribution in [0.4, 0.5) is 5.69 Å². The smallest absolute Gasteiger partial charge is 0.262 e. The molecule has 0 saturated carbocycles. The number of hydrogen-bond acceptors (Lipinski definition) is 4. The van der Waals surface area contributed by atoms with Gasteiger partial charge in [0, 0.05) is 5.02 Å². The molecule has 2 aliphatic rings. The quantitative estimate of drug-likeness (QED) is 0.775. The Hall–Kier alpha value is -2.86. The summed E-state index contributed by atoms with van der Waals surface area (Å²) < 4.78 is 5.52. The Morgan fingerprint density at radius 1 is 1.08 bits per heavy atom. The van der Waals surface area contributed by atoms with Crippen molar-refractivity contribution in [3.8, 4) is 5.75 Å². The molecule has 0 radical (unpaired) electrons. The van der Waals surface area contributed by atoms with Gasteiger partial charge in [0.2, 0.25) is 5.91 Å². The molecule has 25 heavy (non-hydrogen) atoms. The molecule has 0 bridgehead atoms. The first kappa shape index (κ1) is 15.7. The van der Waals surface area contributed by atoms with Gasteiger partial charge in [-0.2, -0.15) is 0 Å². The summed E-state index contributed by atoms with van der Waals surface area (Å²) in [6, 6.07) is 11.6. The van der Waals surface area contributed by atoms with E-state index in [1.165, 1.54) is 4.90 Å². The molecule has 2 aliphatic heterocycles. The second-order valence-corrected chi connectivity index (χ2v) is 6.18. The molecule has 126 valence electrons. The van der Waals surface area contributed by atoms with E-state index in [0.29, 0.717) is 40.7 Å². The van der Waals surface area contributed by atoms with Gasteiger partial charge in [0.1, 0.15) is 18.9 Å². The van der Waals surface area contributed by atoms with Crippen LogP contribution in [0.3, 0.4) is 0 Å². The van der Waals surface area contributed by atoms with Crippen LogP contribution in [0.2, 0.25) is 5.02 Å². The minimum Gasteiger partial charge on any atom is -0.490 e. The highest BCUT2D eigenvalue weighted by atomic mass is 35.5. The standard InChI is InChI=1S/C18H13ClN2O4/c19-11-5-6-15-14(9-11)20(7-8-25-15)16(22)10-21-17(23)12-3-1-2-4-13(12)18(21)24/h1-6,9H,7-8,10H2. The average molecular weight is 357 g/mol. The number of halogens is 1. The van der Waals surface area contributed by atoms with E-state index in [1.807, 2.05) is 0 Å². The lowest BCUT2D eigenvalue weighted by atomic mass is 10.1. The third-order valence-corrected chi connectivity index (χ3v) is 4.49. The van der Waals surface area contributed by atoms with Crippen LogP contribution in [0, 0.1) is 0 Å². The lowest BCUT2D eigenvalue weighted by Crippen LogP contribution is -2.45. The van der Waals surface area contributed by atoms with Crippen LogP contribution in [0.25, 0.3) is 0 Å². The Morgan fingerprint density at radius 2 is 1.76 bits per heavy atom. The molecule has 0 saturated heterocycles. The number of hydrogen-bond donors (Lipinski definition) is 0. The fraction of sp³-hybridized carbons (Fsp3) is 0.167. The van der Waals surface area contributed by atoms with Gasteiger partial charge in [0.25, 0.3) is 11.8 Å². The molecule has 0 fully saturated rings. The first-order valence-corrected chi connectivity index (χ1v) is 8.12. The summed E-state index contributed by atoms with van der Waals surface area (Å²) in [4.78, 5) is 40.1. The minimum atomic E-state index is -0.450. The van der Waals surface area contributed by atoms with Gasteiger partial charge in [-0.05, 0) is 30.3 Å². The van der Waals surface area contributed by atoms with E-state index in [-0.39, 0.29) is 12.5 Å². The summed E-state index contributed by atoms with van der Waals surface area (Å²) in [5, 5.41) is 0.475. The maximum absolute atomic E-state index is 12.8. The third-order valence-electron chi connectivity index (χ3n) is 4.26. The van der Waals surface area contributed by atoms with E-state index in [4.69, 9.17) is 16.3 Å². The van der Waals surface area contributed by atoms with Crippen molar-refractivity contribution in [2.24, 2.45) is 0 Å². The number of carbonyl (C=O) groups excluding carboxylic acids is 3. The molecule has 2 aromatic rings. The van der Waals surface area contributed by atoms with Crippen LogP contribution in [0.5, 0.6) is 5.75 Å². The summed E-state index contributed by atoms with van der Waals surface area (Å²) in [5.41, 5.74) is 1.19. The van der Waals surface area contributed by atoms with Gasteiger partial charge in [-0.1, -0.05) is 23.7 Å². The molecule has 0 atom stereocenters. The average Bonchev–Trinajstić information content (AvgIpc) is 2.86. The molecule has 4 rings (SSSR count). The summed E-state index contributed by atoms with van der Waals surface area (Å²) in [6.45, 7) is 0.343. The van der Waals surface area contributed by atoms with Crippen molar-refractivity contribution < 1.29 is 19.1 Å². The van der Waals surface area contributed by atoms with Crippen molar-refractivity contribution in [3.05, 3.63) is 58.6 Å². The van der Waals surface area contributed by atoms with Crippen molar-refractivity contribution in [2.45, 2.75) is 0 Å². The van der Waals surface area contributed by atoms with Crippen molar-refractivity contribution in [2.75, 3.05) is 24.6 Å². The predicted octanol–water partition coefficient (Wildman–Crippen LogP) is 2.36. The molecule has 6 nitrogen and oxygen atoms in total. The van der Waals surface area contributed by atoms with Gasteiger partial charge >= 0.3 is 0 Å². The Bertz CT molecular complexity index is 877. The van der Waals surface area contributed by atoms with E-state index in [9.17, 15) is 14.4 Å². The molecule has 2 heterocycles. The van der Waals surface area contributed by atoms with Gasteiger partial charge in [0.15, 0.2) is 0 Å². The SMILES string of the molecule is O=C1c2ccccc2C(=O)N1CC(=O)N1CCOc2ccc(Cl)cc21. The predicted molar refractivity (Wildman–Crippen MR) is 91.1 cm³/mol. The first-order chi connectivity index (χ1) is 12.1. The minimum absolute atomic E-state index is 0.321. The Labute approximate surface area is 148 Å². The van der Waals surface area contributed by atoms with Crippen LogP contribution in [-0.2, 0) is 4.79 Å². The number of anilines is 1. The molecule has 7 heteroatoms. The molecule has 3 amide bonds. The number of fused-ring (bicyclic) bond motifs is 2. The number of nitrogens with zero attached hydrogens (tertiary/aromatic N) is 2. The molecule has 0 spiro atoms. The van der Waals surface area contributed by atoms with Gasteiger partial charge in [-0.25, -0.2) is 0 Å². The van der Waals surface area contributed by atoms with Gasteiger partial charge in [-0.15, -0.1) is 0 Å². The lowest BCUT2D eigenvalue weighted by molar-refractivity contribution is -0.119. The van der Waals surface area contributed by atoms with Crippen LogP contribution < -0.4 is 9.64 Å². The molecule has 0 aliphatic carbocycles. The normalized spacial score (nSPS) is 15.7. The van der Waals surface area contributed by atoms with Crippen LogP contribution in [0.1, 0.15) is 20.7 Å². The molecular formula is C18H13ClN2O4. The summed E-state index contributed by atoms with van der Waals surface area (Å²) in [7, 11) is 0. The molecular weight excluding hydrogens is 344 g/mol. The Kier molecular flexibility index (Phi) is 3.69. The highest BCUT2D eigenvalue weighted by Crippen LogP contribution is 2.34. The lowest BCUT2D eigenvalue weighted by Gasteiger charge is -2.30. The van der Waals surface area contributed by atoms with Gasteiger partial charge in [0.05, 0.1) is 23.4 Å². The van der Waals surface area contributed by atoms with Crippen LogP contribution >= 0.6 is 11.6 Å². The van der Waals surface area contributed by atoms with Crippen molar-refractivity contribution in [1.29, 1.82) is 0 Å². The first-order valence-electron chi connectivity index (χ1n) is 7.74.